The van der Waals surface area contributed by atoms with Gasteiger partial charge in [0.1, 0.15) is 6.04 Å². The largest absolute Gasteiger partial charge is 0.344 e. The van der Waals surface area contributed by atoms with E-state index in [1.165, 1.54) is 0 Å². The topological polar surface area (TPSA) is 73.2 Å². The van der Waals surface area contributed by atoms with E-state index < -0.39 is 6.04 Å². The summed E-state index contributed by atoms with van der Waals surface area (Å²) < 4.78 is 0. The first-order chi connectivity index (χ1) is 10.1. The normalized spacial score (nSPS) is 15.3. The van der Waals surface area contributed by atoms with E-state index in [1.807, 2.05) is 6.07 Å². The van der Waals surface area contributed by atoms with Gasteiger partial charge in [0.2, 0.25) is 11.8 Å². The zero-order valence-electron chi connectivity index (χ0n) is 12.1. The van der Waals surface area contributed by atoms with Crippen LogP contribution in [-0.2, 0) is 16.0 Å². The number of benzene rings is 1. The van der Waals surface area contributed by atoms with E-state index in [-0.39, 0.29) is 18.2 Å². The summed E-state index contributed by atoms with van der Waals surface area (Å²) >= 11 is 0. The molecule has 1 aromatic rings. The third-order valence-electron chi connectivity index (χ3n) is 3.61. The number of nitrogens with zero attached hydrogens (tertiary/aromatic N) is 2. The van der Waals surface area contributed by atoms with E-state index in [1.54, 1.807) is 36.1 Å². The minimum Gasteiger partial charge on any atom is -0.344 e. The number of likely N-dealkylation sites (tertiary alicyclic amines) is 1. The molecule has 2 rings (SSSR count). The van der Waals surface area contributed by atoms with Crippen molar-refractivity contribution in [2.45, 2.75) is 32.2 Å². The smallest absolute Gasteiger partial charge is 0.244 e. The van der Waals surface area contributed by atoms with E-state index in [0.717, 1.165) is 31.5 Å². The average molecular weight is 285 g/mol. The molecule has 2 amide bonds. The fourth-order valence-corrected chi connectivity index (χ4v) is 2.45. The molecule has 1 aliphatic rings. The molecule has 0 aliphatic carbocycles. The molecule has 1 N–H and O–H groups in total. The highest BCUT2D eigenvalue weighted by molar-refractivity contribution is 5.88. The first kappa shape index (κ1) is 15.0. The predicted molar refractivity (Wildman–Crippen MR) is 78.3 cm³/mol. The second-order valence-electron chi connectivity index (χ2n) is 5.31. The quantitative estimate of drug-likeness (QED) is 0.904. The van der Waals surface area contributed by atoms with Gasteiger partial charge in [-0.15, -0.1) is 0 Å². The van der Waals surface area contributed by atoms with E-state index >= 15 is 0 Å². The number of rotatable bonds is 4. The van der Waals surface area contributed by atoms with Crippen LogP contribution in [0.25, 0.3) is 0 Å². The van der Waals surface area contributed by atoms with Crippen LogP contribution in [-0.4, -0.2) is 35.8 Å². The van der Waals surface area contributed by atoms with Crippen molar-refractivity contribution in [1.82, 2.24) is 10.2 Å². The highest BCUT2D eigenvalue weighted by Gasteiger charge is 2.24. The van der Waals surface area contributed by atoms with Crippen molar-refractivity contribution < 1.29 is 9.59 Å². The summed E-state index contributed by atoms with van der Waals surface area (Å²) in [5.41, 5.74) is 1.39. The Morgan fingerprint density at radius 3 is 2.48 bits per heavy atom. The Balaban J connectivity index is 1.85. The van der Waals surface area contributed by atoms with E-state index in [4.69, 9.17) is 5.26 Å². The number of carbonyl (C=O) groups is 2. The first-order valence-electron chi connectivity index (χ1n) is 7.17. The molecule has 0 aromatic heterocycles. The Kier molecular flexibility index (Phi) is 4.94. The summed E-state index contributed by atoms with van der Waals surface area (Å²) in [6.07, 6.45) is 2.29. The molecule has 1 saturated heterocycles. The molecule has 21 heavy (non-hydrogen) atoms. The molecule has 5 heteroatoms. The number of carbonyl (C=O) groups excluding carboxylic acids is 2. The zero-order valence-corrected chi connectivity index (χ0v) is 12.1. The van der Waals surface area contributed by atoms with Gasteiger partial charge in [-0.2, -0.15) is 5.26 Å². The van der Waals surface area contributed by atoms with Crippen molar-refractivity contribution in [1.29, 1.82) is 5.26 Å². The van der Waals surface area contributed by atoms with Crippen LogP contribution in [0, 0.1) is 11.3 Å². The Bertz CT molecular complexity index is 554. The van der Waals surface area contributed by atoms with Gasteiger partial charge in [0, 0.05) is 13.1 Å². The molecule has 0 bridgehead atoms. The maximum absolute atomic E-state index is 12.1. The molecule has 5 nitrogen and oxygen atoms in total. The summed E-state index contributed by atoms with van der Waals surface area (Å²) in [5, 5.41) is 11.5. The van der Waals surface area contributed by atoms with Crippen LogP contribution < -0.4 is 5.32 Å². The van der Waals surface area contributed by atoms with Crippen LogP contribution in [0.3, 0.4) is 0 Å². The Hall–Kier alpha value is -2.35. The molecule has 1 aromatic carbocycles. The van der Waals surface area contributed by atoms with Gasteiger partial charge in [0.25, 0.3) is 0 Å². The second-order valence-corrected chi connectivity index (χ2v) is 5.31. The minimum atomic E-state index is -0.492. The van der Waals surface area contributed by atoms with Crippen LogP contribution in [0.15, 0.2) is 24.3 Å². The number of nitrogens with one attached hydrogen (secondary N) is 1. The van der Waals surface area contributed by atoms with Gasteiger partial charge in [-0.1, -0.05) is 12.1 Å². The van der Waals surface area contributed by atoms with E-state index in [2.05, 4.69) is 5.32 Å². The summed E-state index contributed by atoms with van der Waals surface area (Å²) in [6.45, 7) is 3.29. The summed E-state index contributed by atoms with van der Waals surface area (Å²) in [6, 6.07) is 8.42. The van der Waals surface area contributed by atoms with Gasteiger partial charge in [0.15, 0.2) is 0 Å². The summed E-state index contributed by atoms with van der Waals surface area (Å²) in [5.74, 6) is -0.194. The first-order valence-corrected chi connectivity index (χ1v) is 7.17. The predicted octanol–water partition coefficient (Wildman–Crippen LogP) is 1.23. The Morgan fingerprint density at radius 2 is 1.90 bits per heavy atom. The lowest BCUT2D eigenvalue weighted by Crippen LogP contribution is -2.46. The number of nitriles is 1. The van der Waals surface area contributed by atoms with Crippen molar-refractivity contribution in [2.24, 2.45) is 0 Å². The van der Waals surface area contributed by atoms with Crippen LogP contribution in [0.4, 0.5) is 0 Å². The lowest BCUT2D eigenvalue weighted by Gasteiger charge is -2.21. The van der Waals surface area contributed by atoms with Gasteiger partial charge in [-0.25, -0.2) is 0 Å². The lowest BCUT2D eigenvalue weighted by molar-refractivity contribution is -0.134. The van der Waals surface area contributed by atoms with Gasteiger partial charge in [-0.3, -0.25) is 9.59 Å². The molecule has 1 aliphatic heterocycles. The highest BCUT2D eigenvalue weighted by atomic mass is 16.2. The van der Waals surface area contributed by atoms with Crippen LogP contribution in [0.1, 0.15) is 30.9 Å². The van der Waals surface area contributed by atoms with Crippen LogP contribution in [0.2, 0.25) is 0 Å². The summed E-state index contributed by atoms with van der Waals surface area (Å²) in [4.78, 5) is 25.8. The minimum absolute atomic E-state index is 0.0133. The van der Waals surface area contributed by atoms with Crippen molar-refractivity contribution >= 4 is 11.8 Å². The van der Waals surface area contributed by atoms with Gasteiger partial charge in [-0.05, 0) is 37.5 Å². The summed E-state index contributed by atoms with van der Waals surface area (Å²) in [7, 11) is 0. The van der Waals surface area contributed by atoms with Gasteiger partial charge < -0.3 is 10.2 Å². The van der Waals surface area contributed by atoms with Crippen molar-refractivity contribution in [3.8, 4) is 6.07 Å². The van der Waals surface area contributed by atoms with Gasteiger partial charge in [0.05, 0.1) is 18.1 Å². The van der Waals surface area contributed by atoms with E-state index in [9.17, 15) is 9.59 Å². The average Bonchev–Trinajstić information content (AvgIpc) is 3.01. The third-order valence-corrected chi connectivity index (χ3v) is 3.61. The number of amides is 2. The van der Waals surface area contributed by atoms with Crippen molar-refractivity contribution in [3.63, 3.8) is 0 Å². The Morgan fingerprint density at radius 1 is 1.29 bits per heavy atom. The standard InChI is InChI=1S/C16H19N3O2/c1-12(16(21)19-8-2-3-9-19)18-15(20)10-13-4-6-14(11-17)7-5-13/h4-7,12H,2-3,8-10H2,1H3,(H,18,20). The molecule has 1 fully saturated rings. The van der Waals surface area contributed by atoms with Crippen molar-refractivity contribution in [3.05, 3.63) is 35.4 Å². The van der Waals surface area contributed by atoms with Crippen molar-refractivity contribution in [2.75, 3.05) is 13.1 Å². The maximum Gasteiger partial charge on any atom is 0.244 e. The molecule has 0 radical (unpaired) electrons. The molecule has 0 saturated carbocycles. The molecule has 0 spiro atoms. The highest BCUT2D eigenvalue weighted by Crippen LogP contribution is 2.09. The number of hydrogen-bond donors (Lipinski definition) is 1. The van der Waals surface area contributed by atoms with Crippen LogP contribution >= 0.6 is 0 Å². The molecular formula is C16H19N3O2. The zero-order chi connectivity index (χ0) is 15.2. The lowest BCUT2D eigenvalue weighted by atomic mass is 10.1. The number of hydrogen-bond acceptors (Lipinski definition) is 3. The molecule has 1 atom stereocenters. The molecule has 1 heterocycles. The van der Waals surface area contributed by atoms with E-state index in [0.29, 0.717) is 5.56 Å². The Labute approximate surface area is 124 Å². The third kappa shape index (κ3) is 4.06. The maximum atomic E-state index is 12.1. The second kappa shape index (κ2) is 6.89. The van der Waals surface area contributed by atoms with Crippen LogP contribution in [0.5, 0.6) is 0 Å². The fraction of sp³-hybridized carbons (Fsp3) is 0.438. The van der Waals surface area contributed by atoms with Gasteiger partial charge >= 0.3 is 0 Å². The fourth-order valence-electron chi connectivity index (χ4n) is 2.45. The monoisotopic (exact) mass is 285 g/mol. The SMILES string of the molecule is CC(NC(=O)Cc1ccc(C#N)cc1)C(=O)N1CCCC1. The molecular weight excluding hydrogens is 266 g/mol. The molecule has 110 valence electrons. The molecule has 1 unspecified atom stereocenters.